The van der Waals surface area contributed by atoms with Crippen molar-refractivity contribution in [3.63, 3.8) is 0 Å². The zero-order valence-electron chi connectivity index (χ0n) is 13.6. The molecule has 0 radical (unpaired) electrons. The second-order valence-corrected chi connectivity index (χ2v) is 5.61. The Hall–Kier alpha value is -3.68. The van der Waals surface area contributed by atoms with Crippen LogP contribution in [0, 0.1) is 10.1 Å². The van der Waals surface area contributed by atoms with Gasteiger partial charge >= 0.3 is 0 Å². The van der Waals surface area contributed by atoms with Crippen LogP contribution in [0.2, 0.25) is 0 Å². The zero-order valence-corrected chi connectivity index (χ0v) is 13.6. The van der Waals surface area contributed by atoms with Crippen molar-refractivity contribution in [1.82, 2.24) is 9.97 Å². The van der Waals surface area contributed by atoms with Gasteiger partial charge in [0.15, 0.2) is 17.3 Å². The quantitative estimate of drug-likeness (QED) is 0.556. The number of anilines is 1. The number of rotatable bonds is 5. The maximum atomic E-state index is 10.7. The molecule has 8 nitrogen and oxygen atoms in total. The van der Waals surface area contributed by atoms with Gasteiger partial charge in [-0.15, -0.1) is 0 Å². The molecule has 2 aromatic carbocycles. The van der Waals surface area contributed by atoms with Crippen LogP contribution in [-0.2, 0) is 6.54 Å². The molecule has 1 aromatic heterocycles. The molecule has 0 fully saturated rings. The Morgan fingerprint density at radius 1 is 1.08 bits per heavy atom. The number of ether oxygens (including phenoxy) is 2. The fourth-order valence-corrected chi connectivity index (χ4v) is 2.56. The minimum absolute atomic E-state index is 0.0703. The summed E-state index contributed by atoms with van der Waals surface area (Å²) < 4.78 is 10.7. The number of benzene rings is 2. The van der Waals surface area contributed by atoms with Crippen molar-refractivity contribution < 1.29 is 14.4 Å². The minimum atomic E-state index is -0.417. The average molecular weight is 350 g/mol. The third kappa shape index (κ3) is 3.25. The van der Waals surface area contributed by atoms with Gasteiger partial charge in [0.05, 0.1) is 4.92 Å². The molecule has 0 amide bonds. The van der Waals surface area contributed by atoms with Crippen LogP contribution in [0.25, 0.3) is 11.4 Å². The Kier molecular flexibility index (Phi) is 4.06. The first-order valence-corrected chi connectivity index (χ1v) is 7.89. The zero-order chi connectivity index (χ0) is 17.9. The van der Waals surface area contributed by atoms with Gasteiger partial charge in [-0.3, -0.25) is 10.1 Å². The molecule has 4 rings (SSSR count). The van der Waals surface area contributed by atoms with E-state index < -0.39 is 4.92 Å². The van der Waals surface area contributed by atoms with E-state index in [1.54, 1.807) is 24.4 Å². The standard InChI is InChI=1S/C18H14N4O4/c23-22(24)14-4-1-12(2-5-14)10-20-17-7-8-19-18(21-17)13-3-6-15-16(9-13)26-11-25-15/h1-9H,10-11H2,(H,19,20,21). The third-order valence-electron chi connectivity index (χ3n) is 3.91. The van der Waals surface area contributed by atoms with Crippen LogP contribution in [0.3, 0.4) is 0 Å². The summed E-state index contributed by atoms with van der Waals surface area (Å²) in [5.74, 6) is 2.61. The van der Waals surface area contributed by atoms with E-state index in [2.05, 4.69) is 15.3 Å². The van der Waals surface area contributed by atoms with E-state index in [-0.39, 0.29) is 12.5 Å². The SMILES string of the molecule is O=[N+]([O-])c1ccc(CNc2ccnc(-c3ccc4c(c3)OCO4)n2)cc1. The molecule has 0 saturated heterocycles. The number of nitrogens with zero attached hydrogens (tertiary/aromatic N) is 3. The molecule has 0 aliphatic carbocycles. The lowest BCUT2D eigenvalue weighted by molar-refractivity contribution is -0.384. The molecule has 0 atom stereocenters. The molecular formula is C18H14N4O4. The van der Waals surface area contributed by atoms with Gasteiger partial charge in [-0.25, -0.2) is 9.97 Å². The molecule has 0 bridgehead atoms. The van der Waals surface area contributed by atoms with Crippen LogP contribution in [-0.4, -0.2) is 21.7 Å². The van der Waals surface area contributed by atoms with E-state index in [1.807, 2.05) is 18.2 Å². The molecule has 1 aliphatic rings. The lowest BCUT2D eigenvalue weighted by Crippen LogP contribution is -2.02. The van der Waals surface area contributed by atoms with Gasteiger partial charge in [0.2, 0.25) is 6.79 Å². The van der Waals surface area contributed by atoms with Crippen molar-refractivity contribution in [2.24, 2.45) is 0 Å². The normalized spacial score (nSPS) is 12.0. The van der Waals surface area contributed by atoms with Crippen molar-refractivity contribution in [2.75, 3.05) is 12.1 Å². The second-order valence-electron chi connectivity index (χ2n) is 5.61. The molecule has 2 heterocycles. The van der Waals surface area contributed by atoms with Gasteiger partial charge in [-0.05, 0) is 29.8 Å². The highest BCUT2D eigenvalue weighted by Crippen LogP contribution is 2.35. The smallest absolute Gasteiger partial charge is 0.269 e. The van der Waals surface area contributed by atoms with Gasteiger partial charge in [0.1, 0.15) is 5.82 Å². The lowest BCUT2D eigenvalue weighted by Gasteiger charge is -2.07. The van der Waals surface area contributed by atoms with E-state index in [0.717, 1.165) is 11.1 Å². The van der Waals surface area contributed by atoms with Crippen molar-refractivity contribution in [3.8, 4) is 22.9 Å². The summed E-state index contributed by atoms with van der Waals surface area (Å²) in [4.78, 5) is 19.1. The molecule has 1 N–H and O–H groups in total. The predicted octanol–water partition coefficient (Wildman–Crippen LogP) is 3.39. The molecule has 0 saturated carbocycles. The first-order chi connectivity index (χ1) is 12.7. The van der Waals surface area contributed by atoms with Gasteiger partial charge in [-0.2, -0.15) is 0 Å². The molecule has 8 heteroatoms. The van der Waals surface area contributed by atoms with E-state index in [4.69, 9.17) is 9.47 Å². The number of nitro benzene ring substituents is 1. The summed E-state index contributed by atoms with van der Waals surface area (Å²) in [6, 6.07) is 13.7. The maximum Gasteiger partial charge on any atom is 0.269 e. The summed E-state index contributed by atoms with van der Waals surface area (Å²) in [6.07, 6.45) is 1.67. The van der Waals surface area contributed by atoms with E-state index >= 15 is 0 Å². The maximum absolute atomic E-state index is 10.7. The van der Waals surface area contributed by atoms with E-state index in [0.29, 0.717) is 29.7 Å². The fraction of sp³-hybridized carbons (Fsp3) is 0.111. The van der Waals surface area contributed by atoms with Crippen molar-refractivity contribution in [2.45, 2.75) is 6.54 Å². The Balaban J connectivity index is 1.48. The minimum Gasteiger partial charge on any atom is -0.454 e. The Morgan fingerprint density at radius 3 is 2.69 bits per heavy atom. The number of hydrogen-bond donors (Lipinski definition) is 1. The van der Waals surface area contributed by atoms with E-state index in [1.165, 1.54) is 12.1 Å². The Bertz CT molecular complexity index is 960. The molecule has 3 aromatic rings. The highest BCUT2D eigenvalue weighted by atomic mass is 16.7. The third-order valence-corrected chi connectivity index (χ3v) is 3.91. The topological polar surface area (TPSA) is 99.4 Å². The number of non-ortho nitro benzene ring substituents is 1. The van der Waals surface area contributed by atoms with Crippen LogP contribution in [0.1, 0.15) is 5.56 Å². The number of nitrogens with one attached hydrogen (secondary N) is 1. The summed E-state index contributed by atoms with van der Waals surface area (Å²) in [5, 5.41) is 13.9. The number of nitro groups is 1. The Labute approximate surface area is 148 Å². The lowest BCUT2D eigenvalue weighted by atomic mass is 10.2. The van der Waals surface area contributed by atoms with Crippen LogP contribution >= 0.6 is 0 Å². The summed E-state index contributed by atoms with van der Waals surface area (Å²) in [5.41, 5.74) is 1.81. The van der Waals surface area contributed by atoms with Crippen molar-refractivity contribution >= 4 is 11.5 Å². The van der Waals surface area contributed by atoms with Crippen molar-refractivity contribution in [3.05, 3.63) is 70.4 Å². The molecule has 0 unspecified atom stereocenters. The molecular weight excluding hydrogens is 336 g/mol. The van der Waals surface area contributed by atoms with Crippen LogP contribution in [0.15, 0.2) is 54.7 Å². The molecule has 26 heavy (non-hydrogen) atoms. The van der Waals surface area contributed by atoms with E-state index in [9.17, 15) is 10.1 Å². The highest BCUT2D eigenvalue weighted by Gasteiger charge is 2.15. The summed E-state index contributed by atoms with van der Waals surface area (Å²) >= 11 is 0. The monoisotopic (exact) mass is 350 g/mol. The first kappa shape index (κ1) is 15.8. The number of aromatic nitrogens is 2. The summed E-state index contributed by atoms with van der Waals surface area (Å²) in [7, 11) is 0. The average Bonchev–Trinajstić information content (AvgIpc) is 3.15. The van der Waals surface area contributed by atoms with Gasteiger partial charge in [-0.1, -0.05) is 12.1 Å². The highest BCUT2D eigenvalue weighted by molar-refractivity contribution is 5.62. The predicted molar refractivity (Wildman–Crippen MR) is 94.0 cm³/mol. The Morgan fingerprint density at radius 2 is 1.88 bits per heavy atom. The first-order valence-electron chi connectivity index (χ1n) is 7.89. The molecule has 0 spiro atoms. The van der Waals surface area contributed by atoms with Crippen LogP contribution < -0.4 is 14.8 Å². The molecule has 130 valence electrons. The van der Waals surface area contributed by atoms with Gasteiger partial charge in [0, 0.05) is 30.4 Å². The largest absolute Gasteiger partial charge is 0.454 e. The fourth-order valence-electron chi connectivity index (χ4n) is 2.56. The van der Waals surface area contributed by atoms with Gasteiger partial charge < -0.3 is 14.8 Å². The van der Waals surface area contributed by atoms with Crippen LogP contribution in [0.5, 0.6) is 11.5 Å². The molecule has 1 aliphatic heterocycles. The number of fused-ring (bicyclic) bond motifs is 1. The van der Waals surface area contributed by atoms with Crippen LogP contribution in [0.4, 0.5) is 11.5 Å². The second kappa shape index (κ2) is 6.67. The number of hydrogen-bond acceptors (Lipinski definition) is 7. The van der Waals surface area contributed by atoms with Crippen molar-refractivity contribution in [1.29, 1.82) is 0 Å². The van der Waals surface area contributed by atoms with Gasteiger partial charge in [0.25, 0.3) is 5.69 Å². The summed E-state index contributed by atoms with van der Waals surface area (Å²) in [6.45, 7) is 0.714.